The Morgan fingerprint density at radius 2 is 1.87 bits per heavy atom. The van der Waals surface area contributed by atoms with Crippen LogP contribution in [0.4, 0.5) is 0 Å². The fraction of sp³-hybridized carbons (Fsp3) is 0.391. The van der Waals surface area contributed by atoms with E-state index in [9.17, 15) is 23.5 Å². The highest BCUT2D eigenvalue weighted by Gasteiger charge is 2.29. The highest BCUT2D eigenvalue weighted by atomic mass is 32.2. The number of unbranched alkanes of at least 4 members (excludes halogenated alkanes) is 1. The summed E-state index contributed by atoms with van der Waals surface area (Å²) in [5.74, 6) is -2.15. The van der Waals surface area contributed by atoms with Crippen LogP contribution in [0.3, 0.4) is 0 Å². The third-order valence-corrected chi connectivity index (χ3v) is 6.52. The summed E-state index contributed by atoms with van der Waals surface area (Å²) in [7, 11) is 0. The van der Waals surface area contributed by atoms with Crippen LogP contribution in [-0.4, -0.2) is 42.5 Å². The van der Waals surface area contributed by atoms with Crippen LogP contribution in [0.5, 0.6) is 0 Å². The number of hydrogen-bond donors (Lipinski definition) is 1. The molecule has 1 aliphatic carbocycles. The van der Waals surface area contributed by atoms with E-state index in [0.29, 0.717) is 30.5 Å². The zero-order chi connectivity index (χ0) is 21.7. The number of carboxylic acid groups (broad SMARTS) is 1. The Hall–Kier alpha value is -2.35. The summed E-state index contributed by atoms with van der Waals surface area (Å²) in [6, 6.07) is 14.0. The third-order valence-electron chi connectivity index (χ3n) is 5.66. The molecule has 7 heteroatoms. The van der Waals surface area contributed by atoms with Gasteiger partial charge in [0.15, 0.2) is 5.78 Å². The predicted molar refractivity (Wildman–Crippen MR) is 114 cm³/mol. The van der Waals surface area contributed by atoms with Crippen molar-refractivity contribution < 1.29 is 23.5 Å². The maximum Gasteiger partial charge on any atom is 0.311 e. The molecule has 0 fully saturated rings. The van der Waals surface area contributed by atoms with Crippen molar-refractivity contribution in [3.8, 4) is 0 Å². The molecule has 2 aromatic carbocycles. The first kappa shape index (κ1) is 22.3. The van der Waals surface area contributed by atoms with Crippen LogP contribution in [-0.2, 0) is 28.9 Å². The number of carbonyl (C=O) groups is 2. The number of aliphatic carboxylic acids is 1. The topological polar surface area (TPSA) is 97.7 Å². The lowest BCUT2D eigenvalue weighted by Crippen LogP contribution is -2.38. The molecule has 1 N–H and O–H groups in total. The molecule has 0 bridgehead atoms. The Bertz CT molecular complexity index is 930. The summed E-state index contributed by atoms with van der Waals surface area (Å²) in [6.07, 6.45) is 2.80. The lowest BCUT2D eigenvalue weighted by atomic mass is 9.91. The number of nitrogens with zero attached hydrogens (tertiary/aromatic N) is 1. The van der Waals surface area contributed by atoms with Gasteiger partial charge in [-0.1, -0.05) is 55.8 Å². The lowest BCUT2D eigenvalue weighted by molar-refractivity contribution is -0.138. The van der Waals surface area contributed by atoms with Gasteiger partial charge in [-0.3, -0.25) is 13.8 Å². The average Bonchev–Trinajstić information content (AvgIpc) is 3.15. The number of benzene rings is 2. The average molecular weight is 429 g/mol. The number of hydrogen-bond acceptors (Lipinski definition) is 4. The van der Waals surface area contributed by atoms with Crippen LogP contribution in [0.2, 0.25) is 0 Å². The van der Waals surface area contributed by atoms with Crippen LogP contribution in [0.1, 0.15) is 59.2 Å². The number of carbonyl (C=O) groups excluding carboxylic acids is 1. The molecule has 3 rings (SSSR count). The summed E-state index contributed by atoms with van der Waals surface area (Å²) in [5.41, 5.74) is 3.08. The summed E-state index contributed by atoms with van der Waals surface area (Å²) in [5, 5.41) is 9.58. The first-order chi connectivity index (χ1) is 14.4. The van der Waals surface area contributed by atoms with Crippen molar-refractivity contribution in [2.75, 3.05) is 6.54 Å². The number of fused-ring (bicyclic) bond motifs is 1. The molecule has 160 valence electrons. The molecule has 0 amide bonds. The summed E-state index contributed by atoms with van der Waals surface area (Å²) >= 11 is -2.28. The Labute approximate surface area is 179 Å². The predicted octanol–water partition coefficient (Wildman–Crippen LogP) is 3.49. The van der Waals surface area contributed by atoms with E-state index in [1.165, 1.54) is 4.31 Å². The number of rotatable bonds is 10. The van der Waals surface area contributed by atoms with Gasteiger partial charge in [0.2, 0.25) is 0 Å². The Balaban J connectivity index is 1.74. The van der Waals surface area contributed by atoms with Crippen molar-refractivity contribution in [3.05, 3.63) is 70.8 Å². The second-order valence-electron chi connectivity index (χ2n) is 7.69. The van der Waals surface area contributed by atoms with Crippen molar-refractivity contribution >= 4 is 23.0 Å². The van der Waals surface area contributed by atoms with Crippen LogP contribution in [0.25, 0.3) is 0 Å². The fourth-order valence-electron chi connectivity index (χ4n) is 4.00. The molecule has 0 spiro atoms. The Morgan fingerprint density at radius 1 is 1.17 bits per heavy atom. The van der Waals surface area contributed by atoms with E-state index in [1.807, 2.05) is 13.0 Å². The maximum atomic E-state index is 12.8. The molecule has 0 aliphatic heterocycles. The molecule has 0 aromatic heterocycles. The number of Topliss-reactive ketones (excluding diaryl/α,β-unsaturated/α-hetero) is 1. The minimum absolute atomic E-state index is 0.116. The zero-order valence-corrected chi connectivity index (χ0v) is 17.8. The highest BCUT2D eigenvalue weighted by molar-refractivity contribution is 7.76. The quantitative estimate of drug-likeness (QED) is 0.461. The van der Waals surface area contributed by atoms with Crippen LogP contribution >= 0.6 is 0 Å². The molecule has 6 nitrogen and oxygen atoms in total. The van der Waals surface area contributed by atoms with Gasteiger partial charge < -0.3 is 9.66 Å². The van der Waals surface area contributed by atoms with E-state index in [4.69, 9.17) is 0 Å². The second kappa shape index (κ2) is 10.1. The molecule has 0 saturated heterocycles. The van der Waals surface area contributed by atoms with Gasteiger partial charge in [0, 0.05) is 35.8 Å². The first-order valence-corrected chi connectivity index (χ1v) is 11.2. The Kier molecular flexibility index (Phi) is 7.53. The van der Waals surface area contributed by atoms with Crippen molar-refractivity contribution in [2.24, 2.45) is 0 Å². The Morgan fingerprint density at radius 3 is 2.50 bits per heavy atom. The van der Waals surface area contributed by atoms with E-state index in [0.717, 1.165) is 24.0 Å². The van der Waals surface area contributed by atoms with E-state index in [2.05, 4.69) is 0 Å². The molecular weight excluding hydrogens is 402 g/mol. The van der Waals surface area contributed by atoms with Crippen LogP contribution < -0.4 is 0 Å². The molecular formula is C23H26NO5S-. The van der Waals surface area contributed by atoms with Crippen LogP contribution in [0.15, 0.2) is 48.5 Å². The van der Waals surface area contributed by atoms with Crippen LogP contribution in [0, 0.1) is 0 Å². The van der Waals surface area contributed by atoms with Crippen molar-refractivity contribution in [3.63, 3.8) is 0 Å². The maximum absolute atomic E-state index is 12.8. The van der Waals surface area contributed by atoms with E-state index >= 15 is 0 Å². The molecule has 0 radical (unpaired) electrons. The van der Waals surface area contributed by atoms with Gasteiger partial charge in [-0.25, -0.2) is 4.31 Å². The molecule has 1 aliphatic rings. The van der Waals surface area contributed by atoms with Gasteiger partial charge in [0.25, 0.3) is 0 Å². The van der Waals surface area contributed by atoms with Crippen molar-refractivity contribution in [1.82, 2.24) is 4.31 Å². The van der Waals surface area contributed by atoms with Gasteiger partial charge in [0.05, 0.1) is 5.92 Å². The second-order valence-corrected chi connectivity index (χ2v) is 8.59. The monoisotopic (exact) mass is 428 g/mol. The summed E-state index contributed by atoms with van der Waals surface area (Å²) in [6.45, 7) is 2.52. The van der Waals surface area contributed by atoms with E-state index < -0.39 is 23.2 Å². The minimum Gasteiger partial charge on any atom is -0.760 e. The first-order valence-electron chi connectivity index (χ1n) is 10.2. The zero-order valence-electron chi connectivity index (χ0n) is 17.0. The number of ketones is 1. The van der Waals surface area contributed by atoms with Crippen molar-refractivity contribution in [1.29, 1.82) is 0 Å². The van der Waals surface area contributed by atoms with E-state index in [1.54, 1.807) is 42.5 Å². The molecule has 0 heterocycles. The summed E-state index contributed by atoms with van der Waals surface area (Å²) < 4.78 is 24.8. The minimum atomic E-state index is -2.28. The summed E-state index contributed by atoms with van der Waals surface area (Å²) in [4.78, 5) is 24.5. The lowest BCUT2D eigenvalue weighted by Gasteiger charge is -2.30. The molecule has 30 heavy (non-hydrogen) atoms. The van der Waals surface area contributed by atoms with Gasteiger partial charge in [-0.15, -0.1) is 0 Å². The standard InChI is InChI=1S/C23H27NO5S/c1-2-3-11-24(30(28)29)20-13-17-9-10-18(12-19(17)14-20)22(25)15-21(23(26)27)16-7-5-4-6-8-16/h4-10,12,20-21H,2-3,11,13-15H2,1H3,(H,26,27)(H,28,29)/p-1. The van der Waals surface area contributed by atoms with Gasteiger partial charge in [0.1, 0.15) is 0 Å². The normalized spacial score (nSPS) is 17.5. The fourth-order valence-corrected chi connectivity index (χ4v) is 4.67. The van der Waals surface area contributed by atoms with Gasteiger partial charge >= 0.3 is 5.97 Å². The molecule has 2 aromatic rings. The highest BCUT2D eigenvalue weighted by Crippen LogP contribution is 2.29. The van der Waals surface area contributed by atoms with E-state index in [-0.39, 0.29) is 18.2 Å². The van der Waals surface area contributed by atoms with Gasteiger partial charge in [-0.2, -0.15) is 0 Å². The van der Waals surface area contributed by atoms with Gasteiger partial charge in [-0.05, 0) is 42.0 Å². The SMILES string of the molecule is CCCCN(C1Cc2ccc(C(=O)CC(C(=O)O)c3ccccc3)cc2C1)S(=O)[O-]. The molecule has 3 unspecified atom stereocenters. The smallest absolute Gasteiger partial charge is 0.311 e. The molecule has 0 saturated carbocycles. The molecule has 3 atom stereocenters. The third kappa shape index (κ3) is 5.22. The number of carboxylic acids is 1. The van der Waals surface area contributed by atoms with Crippen molar-refractivity contribution in [2.45, 2.75) is 51.0 Å². The largest absolute Gasteiger partial charge is 0.760 e.